The molecule has 1 amide bonds. The van der Waals surface area contributed by atoms with Crippen LogP contribution >= 0.6 is 0 Å². The van der Waals surface area contributed by atoms with E-state index in [1.54, 1.807) is 17.0 Å². The number of halogens is 1. The summed E-state index contributed by atoms with van der Waals surface area (Å²) in [4.78, 5) is 13.3. The van der Waals surface area contributed by atoms with Gasteiger partial charge in [0.15, 0.2) is 0 Å². The van der Waals surface area contributed by atoms with Crippen LogP contribution in [0.25, 0.3) is 0 Å². The first-order chi connectivity index (χ1) is 9.49. The van der Waals surface area contributed by atoms with Gasteiger partial charge in [0.05, 0.1) is 6.10 Å². The summed E-state index contributed by atoms with van der Waals surface area (Å²) in [7, 11) is 0. The highest BCUT2D eigenvalue weighted by molar-refractivity contribution is 5.80. The Labute approximate surface area is 117 Å². The molecule has 0 saturated carbocycles. The molecule has 1 saturated heterocycles. The van der Waals surface area contributed by atoms with Crippen LogP contribution in [0.5, 0.6) is 0 Å². The lowest BCUT2D eigenvalue weighted by Gasteiger charge is -2.35. The lowest BCUT2D eigenvalue weighted by molar-refractivity contribution is -0.141. The second-order valence-corrected chi connectivity index (χ2v) is 5.34. The molecule has 1 aliphatic rings. The largest absolute Gasteiger partial charge is 0.388 e. The molecule has 2 rings (SSSR count). The van der Waals surface area contributed by atoms with Gasteiger partial charge in [0.2, 0.25) is 0 Å². The number of hydrogen-bond acceptors (Lipinski definition) is 3. The molecule has 1 heterocycles. The standard InChI is InChI=1S/C15H20FNO3/c1-10(18)15(20)17-8-6-12(7-9-17)14(19)11-2-4-13(16)5-3-11/h2-5,10,12,14,18-19H,6-9H2,1H3. The molecule has 1 aliphatic heterocycles. The zero-order valence-electron chi connectivity index (χ0n) is 11.5. The summed E-state index contributed by atoms with van der Waals surface area (Å²) in [6, 6.07) is 5.86. The Bertz CT molecular complexity index is 453. The summed E-state index contributed by atoms with van der Waals surface area (Å²) in [5, 5.41) is 19.6. The number of carbonyl (C=O) groups is 1. The minimum atomic E-state index is -0.978. The average Bonchev–Trinajstić information content (AvgIpc) is 2.46. The zero-order valence-corrected chi connectivity index (χ0v) is 11.5. The molecule has 2 unspecified atom stereocenters. The van der Waals surface area contributed by atoms with Gasteiger partial charge < -0.3 is 15.1 Å². The minimum absolute atomic E-state index is 0.0542. The Balaban J connectivity index is 1.93. The predicted octanol–water partition coefficient (Wildman–Crippen LogP) is 1.48. The highest BCUT2D eigenvalue weighted by Gasteiger charge is 2.29. The Morgan fingerprint density at radius 3 is 2.30 bits per heavy atom. The van der Waals surface area contributed by atoms with Crippen molar-refractivity contribution in [1.82, 2.24) is 4.90 Å². The summed E-state index contributed by atoms with van der Waals surface area (Å²) in [6.07, 6.45) is -0.262. The number of aliphatic hydroxyl groups is 2. The van der Waals surface area contributed by atoms with Gasteiger partial charge in [-0.3, -0.25) is 4.79 Å². The predicted molar refractivity (Wildman–Crippen MR) is 72.3 cm³/mol. The molecule has 1 aromatic rings. The summed E-state index contributed by atoms with van der Waals surface area (Å²) < 4.78 is 12.9. The highest BCUT2D eigenvalue weighted by atomic mass is 19.1. The topological polar surface area (TPSA) is 60.8 Å². The molecule has 1 aromatic carbocycles. The van der Waals surface area contributed by atoms with Crippen molar-refractivity contribution in [3.63, 3.8) is 0 Å². The molecule has 110 valence electrons. The fourth-order valence-electron chi connectivity index (χ4n) is 2.63. The van der Waals surface area contributed by atoms with E-state index in [0.717, 1.165) is 0 Å². The number of nitrogens with zero attached hydrogens (tertiary/aromatic N) is 1. The van der Waals surface area contributed by atoms with E-state index >= 15 is 0 Å². The zero-order chi connectivity index (χ0) is 14.7. The van der Waals surface area contributed by atoms with Crippen LogP contribution in [0.4, 0.5) is 4.39 Å². The molecule has 0 radical (unpaired) electrons. The molecule has 2 atom stereocenters. The lowest BCUT2D eigenvalue weighted by atomic mass is 9.87. The number of carbonyl (C=O) groups excluding carboxylic acids is 1. The van der Waals surface area contributed by atoms with E-state index in [9.17, 15) is 19.4 Å². The third-order valence-electron chi connectivity index (χ3n) is 3.87. The second-order valence-electron chi connectivity index (χ2n) is 5.34. The molecule has 0 spiro atoms. The van der Waals surface area contributed by atoms with E-state index in [0.29, 0.717) is 31.5 Å². The summed E-state index contributed by atoms with van der Waals surface area (Å²) in [5.74, 6) is -0.531. The van der Waals surface area contributed by atoms with Crippen LogP contribution in [0, 0.1) is 11.7 Å². The maximum atomic E-state index is 12.9. The quantitative estimate of drug-likeness (QED) is 0.882. The normalized spacial score (nSPS) is 19.7. The first-order valence-corrected chi connectivity index (χ1v) is 6.89. The third kappa shape index (κ3) is 3.35. The molecular weight excluding hydrogens is 261 g/mol. The van der Waals surface area contributed by atoms with Gasteiger partial charge in [-0.25, -0.2) is 4.39 Å². The van der Waals surface area contributed by atoms with Gasteiger partial charge >= 0.3 is 0 Å². The molecule has 1 fully saturated rings. The number of benzene rings is 1. The van der Waals surface area contributed by atoms with Gasteiger partial charge in [0, 0.05) is 13.1 Å². The van der Waals surface area contributed by atoms with E-state index in [2.05, 4.69) is 0 Å². The number of likely N-dealkylation sites (tertiary alicyclic amines) is 1. The van der Waals surface area contributed by atoms with Crippen molar-refractivity contribution in [3.8, 4) is 0 Å². The van der Waals surface area contributed by atoms with Crippen LogP contribution in [0.3, 0.4) is 0 Å². The fourth-order valence-corrected chi connectivity index (χ4v) is 2.63. The van der Waals surface area contributed by atoms with Crippen LogP contribution in [0.15, 0.2) is 24.3 Å². The van der Waals surface area contributed by atoms with E-state index in [-0.39, 0.29) is 17.6 Å². The molecule has 5 heteroatoms. The summed E-state index contributed by atoms with van der Waals surface area (Å²) in [5.41, 5.74) is 0.701. The first kappa shape index (κ1) is 14.9. The third-order valence-corrected chi connectivity index (χ3v) is 3.87. The number of amides is 1. The number of rotatable bonds is 3. The van der Waals surface area contributed by atoms with Gasteiger partial charge in [0.25, 0.3) is 5.91 Å². The maximum absolute atomic E-state index is 12.9. The highest BCUT2D eigenvalue weighted by Crippen LogP contribution is 2.30. The summed E-state index contributed by atoms with van der Waals surface area (Å²) in [6.45, 7) is 2.53. The number of aliphatic hydroxyl groups excluding tert-OH is 2. The molecular formula is C15H20FNO3. The number of piperidine rings is 1. The van der Waals surface area contributed by atoms with Crippen molar-refractivity contribution in [2.24, 2.45) is 5.92 Å². The first-order valence-electron chi connectivity index (χ1n) is 6.89. The Kier molecular flexibility index (Phi) is 4.73. The molecule has 0 bridgehead atoms. The van der Waals surface area contributed by atoms with Crippen molar-refractivity contribution in [1.29, 1.82) is 0 Å². The fraction of sp³-hybridized carbons (Fsp3) is 0.533. The molecule has 0 aromatic heterocycles. The smallest absolute Gasteiger partial charge is 0.251 e. The van der Waals surface area contributed by atoms with Crippen LogP contribution in [0.2, 0.25) is 0 Å². The van der Waals surface area contributed by atoms with Crippen LogP contribution in [-0.2, 0) is 4.79 Å². The van der Waals surface area contributed by atoms with Gasteiger partial charge in [-0.15, -0.1) is 0 Å². The van der Waals surface area contributed by atoms with E-state index in [4.69, 9.17) is 0 Å². The van der Waals surface area contributed by atoms with E-state index in [1.165, 1.54) is 19.1 Å². The van der Waals surface area contributed by atoms with Crippen molar-refractivity contribution in [2.45, 2.75) is 32.0 Å². The summed E-state index contributed by atoms with van der Waals surface area (Å²) >= 11 is 0. The van der Waals surface area contributed by atoms with Crippen LogP contribution in [0.1, 0.15) is 31.4 Å². The van der Waals surface area contributed by atoms with Crippen LogP contribution < -0.4 is 0 Å². The lowest BCUT2D eigenvalue weighted by Crippen LogP contribution is -2.43. The molecule has 4 nitrogen and oxygen atoms in total. The minimum Gasteiger partial charge on any atom is -0.388 e. The SMILES string of the molecule is CC(O)C(=O)N1CCC(C(O)c2ccc(F)cc2)CC1. The van der Waals surface area contributed by atoms with Gasteiger partial charge in [-0.2, -0.15) is 0 Å². The number of hydrogen-bond donors (Lipinski definition) is 2. The van der Waals surface area contributed by atoms with Gasteiger partial charge in [-0.1, -0.05) is 12.1 Å². The molecule has 0 aliphatic carbocycles. The Morgan fingerprint density at radius 1 is 1.25 bits per heavy atom. The average molecular weight is 281 g/mol. The van der Waals surface area contributed by atoms with Crippen LogP contribution in [-0.4, -0.2) is 40.2 Å². The van der Waals surface area contributed by atoms with E-state index < -0.39 is 12.2 Å². The van der Waals surface area contributed by atoms with Crippen molar-refractivity contribution >= 4 is 5.91 Å². The molecule has 2 N–H and O–H groups in total. The van der Waals surface area contributed by atoms with Gasteiger partial charge in [-0.05, 0) is 43.4 Å². The second kappa shape index (κ2) is 6.33. The van der Waals surface area contributed by atoms with Crippen molar-refractivity contribution < 1.29 is 19.4 Å². The Hall–Kier alpha value is -1.46. The maximum Gasteiger partial charge on any atom is 0.251 e. The Morgan fingerprint density at radius 2 is 1.80 bits per heavy atom. The van der Waals surface area contributed by atoms with Crippen molar-refractivity contribution in [2.75, 3.05) is 13.1 Å². The van der Waals surface area contributed by atoms with E-state index in [1.807, 2.05) is 0 Å². The molecule has 20 heavy (non-hydrogen) atoms. The van der Waals surface area contributed by atoms with Crippen molar-refractivity contribution in [3.05, 3.63) is 35.6 Å². The monoisotopic (exact) mass is 281 g/mol. The van der Waals surface area contributed by atoms with Gasteiger partial charge in [0.1, 0.15) is 11.9 Å².